The number of nitrogens with zero attached hydrogens (tertiary/aromatic N) is 1. The van der Waals surface area contributed by atoms with Crippen LogP contribution in [0.1, 0.15) is 30.2 Å². The van der Waals surface area contributed by atoms with Crippen LogP contribution in [0.2, 0.25) is 0 Å². The summed E-state index contributed by atoms with van der Waals surface area (Å²) in [6.07, 6.45) is 3.31. The molecule has 0 bridgehead atoms. The van der Waals surface area contributed by atoms with Gasteiger partial charge >= 0.3 is 0 Å². The van der Waals surface area contributed by atoms with E-state index in [9.17, 15) is 0 Å². The summed E-state index contributed by atoms with van der Waals surface area (Å²) in [6, 6.07) is 0. The largest absolute Gasteiger partial charge is 0.351 e. The van der Waals surface area contributed by atoms with Gasteiger partial charge in [-0.3, -0.25) is 0 Å². The molecular formula is C12H19N. The third-order valence-corrected chi connectivity index (χ3v) is 2.69. The maximum atomic E-state index is 3.92. The molecule has 1 heterocycles. The summed E-state index contributed by atoms with van der Waals surface area (Å²) in [5.41, 5.74) is 5.45. The molecule has 0 saturated heterocycles. The van der Waals surface area contributed by atoms with Gasteiger partial charge in [0.15, 0.2) is 0 Å². The predicted octanol–water partition coefficient (Wildman–Crippen LogP) is 3.38. The topological polar surface area (TPSA) is 4.93 Å². The molecule has 0 saturated carbocycles. The Kier molecular flexibility index (Phi) is 2.97. The van der Waals surface area contributed by atoms with Crippen molar-refractivity contribution in [2.75, 3.05) is 0 Å². The Bertz CT molecular complexity index is 318. The Morgan fingerprint density at radius 3 is 2.38 bits per heavy atom. The molecule has 0 aliphatic heterocycles. The third kappa shape index (κ3) is 2.24. The Hall–Kier alpha value is -0.980. The molecule has 0 fully saturated rings. The molecule has 1 nitrogen and oxygen atoms in total. The van der Waals surface area contributed by atoms with E-state index in [1.807, 2.05) is 0 Å². The fourth-order valence-corrected chi connectivity index (χ4v) is 1.47. The van der Waals surface area contributed by atoms with E-state index in [1.165, 1.54) is 22.4 Å². The molecule has 1 rings (SSSR count). The molecule has 0 amide bonds. The number of hydrogen-bond acceptors (Lipinski definition) is 0. The molecule has 1 aromatic heterocycles. The molecule has 72 valence electrons. The van der Waals surface area contributed by atoms with Crippen molar-refractivity contribution in [2.45, 2.75) is 40.7 Å². The number of hydrogen-bond donors (Lipinski definition) is 0. The van der Waals surface area contributed by atoms with Gasteiger partial charge in [-0.1, -0.05) is 5.57 Å². The molecule has 0 unspecified atom stereocenters. The van der Waals surface area contributed by atoms with E-state index in [-0.39, 0.29) is 0 Å². The Balaban J connectivity index is 2.78. The van der Waals surface area contributed by atoms with Gasteiger partial charge in [0.05, 0.1) is 0 Å². The van der Waals surface area contributed by atoms with Crippen LogP contribution in [0.15, 0.2) is 18.3 Å². The standard InChI is InChI=1S/C12H19N/c1-9(2)6-7-13-8-10(3)11(4)12(13)5/h8H,1,6-7H2,2-5H3. The van der Waals surface area contributed by atoms with Crippen LogP contribution in [-0.2, 0) is 6.54 Å². The average molecular weight is 177 g/mol. The van der Waals surface area contributed by atoms with E-state index in [1.54, 1.807) is 0 Å². The molecule has 13 heavy (non-hydrogen) atoms. The number of rotatable bonds is 3. The SMILES string of the molecule is C=C(C)CCn1cc(C)c(C)c1C. The van der Waals surface area contributed by atoms with Crippen LogP contribution in [0.4, 0.5) is 0 Å². The van der Waals surface area contributed by atoms with Gasteiger partial charge in [-0.05, 0) is 45.2 Å². The molecule has 0 aromatic carbocycles. The summed E-state index contributed by atoms with van der Waals surface area (Å²) >= 11 is 0. The first-order chi connectivity index (χ1) is 6.02. The minimum absolute atomic E-state index is 1.07. The second-order valence-corrected chi connectivity index (χ2v) is 3.92. The highest BCUT2D eigenvalue weighted by molar-refractivity contribution is 5.28. The quantitative estimate of drug-likeness (QED) is 0.624. The zero-order chi connectivity index (χ0) is 10.0. The van der Waals surface area contributed by atoms with Crippen molar-refractivity contribution in [3.05, 3.63) is 35.2 Å². The van der Waals surface area contributed by atoms with E-state index in [2.05, 4.69) is 45.0 Å². The first-order valence-corrected chi connectivity index (χ1v) is 4.79. The summed E-state index contributed by atoms with van der Waals surface area (Å²) in [6.45, 7) is 13.6. The van der Waals surface area contributed by atoms with E-state index in [4.69, 9.17) is 0 Å². The number of aromatic nitrogens is 1. The van der Waals surface area contributed by atoms with Crippen molar-refractivity contribution in [2.24, 2.45) is 0 Å². The lowest BCUT2D eigenvalue weighted by Crippen LogP contribution is -1.98. The summed E-state index contributed by atoms with van der Waals surface area (Å²) in [5, 5.41) is 0. The molecule has 1 heteroatoms. The summed E-state index contributed by atoms with van der Waals surface area (Å²) < 4.78 is 2.32. The maximum Gasteiger partial charge on any atom is 0.0259 e. The molecule has 0 aliphatic rings. The minimum atomic E-state index is 1.07. The van der Waals surface area contributed by atoms with E-state index < -0.39 is 0 Å². The van der Waals surface area contributed by atoms with Gasteiger partial charge in [0, 0.05) is 18.4 Å². The molecule has 0 N–H and O–H groups in total. The fourth-order valence-electron chi connectivity index (χ4n) is 1.47. The van der Waals surface area contributed by atoms with Crippen molar-refractivity contribution in [3.63, 3.8) is 0 Å². The predicted molar refractivity (Wildman–Crippen MR) is 58.1 cm³/mol. The lowest BCUT2D eigenvalue weighted by Gasteiger charge is -2.05. The molecule has 0 aliphatic carbocycles. The van der Waals surface area contributed by atoms with Gasteiger partial charge in [0.2, 0.25) is 0 Å². The van der Waals surface area contributed by atoms with E-state index in [0.29, 0.717) is 0 Å². The maximum absolute atomic E-state index is 3.92. The molecular weight excluding hydrogens is 158 g/mol. The fraction of sp³-hybridized carbons (Fsp3) is 0.500. The van der Waals surface area contributed by atoms with Crippen molar-refractivity contribution in [1.29, 1.82) is 0 Å². The van der Waals surface area contributed by atoms with Gasteiger partial charge in [0.1, 0.15) is 0 Å². The highest BCUT2D eigenvalue weighted by atomic mass is 15.0. The summed E-state index contributed by atoms with van der Waals surface area (Å²) in [5.74, 6) is 0. The van der Waals surface area contributed by atoms with Gasteiger partial charge in [-0.2, -0.15) is 0 Å². The van der Waals surface area contributed by atoms with Gasteiger partial charge in [-0.25, -0.2) is 0 Å². The first kappa shape index (κ1) is 10.1. The summed E-state index contributed by atoms with van der Waals surface area (Å²) in [4.78, 5) is 0. The van der Waals surface area contributed by atoms with Crippen LogP contribution in [0.5, 0.6) is 0 Å². The van der Waals surface area contributed by atoms with Crippen LogP contribution >= 0.6 is 0 Å². The van der Waals surface area contributed by atoms with Gasteiger partial charge < -0.3 is 4.57 Å². The Morgan fingerprint density at radius 1 is 1.38 bits per heavy atom. The zero-order valence-electron chi connectivity index (χ0n) is 9.15. The smallest absolute Gasteiger partial charge is 0.0259 e. The second-order valence-electron chi connectivity index (χ2n) is 3.92. The van der Waals surface area contributed by atoms with Crippen LogP contribution in [0, 0.1) is 20.8 Å². The second kappa shape index (κ2) is 3.82. The lowest BCUT2D eigenvalue weighted by molar-refractivity contribution is 0.677. The molecule has 1 aromatic rings. The third-order valence-electron chi connectivity index (χ3n) is 2.69. The minimum Gasteiger partial charge on any atom is -0.351 e. The first-order valence-electron chi connectivity index (χ1n) is 4.79. The van der Waals surface area contributed by atoms with E-state index >= 15 is 0 Å². The lowest BCUT2D eigenvalue weighted by atomic mass is 10.2. The molecule has 0 atom stereocenters. The van der Waals surface area contributed by atoms with Gasteiger partial charge in [0.25, 0.3) is 0 Å². The molecule has 0 radical (unpaired) electrons. The van der Waals surface area contributed by atoms with Crippen molar-refractivity contribution in [3.8, 4) is 0 Å². The normalized spacial score (nSPS) is 10.5. The van der Waals surface area contributed by atoms with Crippen LogP contribution in [0.25, 0.3) is 0 Å². The monoisotopic (exact) mass is 177 g/mol. The summed E-state index contributed by atoms with van der Waals surface area (Å²) in [7, 11) is 0. The number of allylic oxidation sites excluding steroid dienone is 1. The van der Waals surface area contributed by atoms with Gasteiger partial charge in [-0.15, -0.1) is 6.58 Å². The highest BCUT2D eigenvalue weighted by Gasteiger charge is 2.03. The van der Waals surface area contributed by atoms with Crippen molar-refractivity contribution in [1.82, 2.24) is 4.57 Å². The van der Waals surface area contributed by atoms with Crippen LogP contribution in [0.3, 0.4) is 0 Å². The highest BCUT2D eigenvalue weighted by Crippen LogP contribution is 2.15. The number of aryl methyl sites for hydroxylation is 2. The Morgan fingerprint density at radius 2 is 2.00 bits per heavy atom. The zero-order valence-corrected chi connectivity index (χ0v) is 9.15. The van der Waals surface area contributed by atoms with Crippen molar-refractivity contribution < 1.29 is 0 Å². The molecule has 0 spiro atoms. The van der Waals surface area contributed by atoms with Crippen LogP contribution in [-0.4, -0.2) is 4.57 Å². The van der Waals surface area contributed by atoms with Crippen molar-refractivity contribution >= 4 is 0 Å². The average Bonchev–Trinajstić information content (AvgIpc) is 2.29. The van der Waals surface area contributed by atoms with E-state index in [0.717, 1.165) is 13.0 Å². The van der Waals surface area contributed by atoms with Crippen LogP contribution < -0.4 is 0 Å². The Labute approximate surface area is 81.1 Å².